The van der Waals surface area contributed by atoms with E-state index in [-0.39, 0.29) is 0 Å². The molecule has 2 unspecified atom stereocenters. The van der Waals surface area contributed by atoms with Crippen LogP contribution in [0.1, 0.15) is 45.6 Å². The van der Waals surface area contributed by atoms with Crippen molar-refractivity contribution in [1.29, 1.82) is 0 Å². The van der Waals surface area contributed by atoms with Gasteiger partial charge in [-0.05, 0) is 42.8 Å². The van der Waals surface area contributed by atoms with Crippen molar-refractivity contribution in [3.05, 3.63) is 35.9 Å². The van der Waals surface area contributed by atoms with Gasteiger partial charge < -0.3 is 4.90 Å². The first-order valence-corrected chi connectivity index (χ1v) is 7.44. The van der Waals surface area contributed by atoms with Gasteiger partial charge >= 0.3 is 0 Å². The fourth-order valence-electron chi connectivity index (χ4n) is 3.15. The molecule has 0 aromatic heterocycles. The summed E-state index contributed by atoms with van der Waals surface area (Å²) in [7, 11) is 0. The Hall–Kier alpha value is -0.820. The molecule has 1 aromatic carbocycles. The fourth-order valence-corrected chi connectivity index (χ4v) is 3.15. The number of hydrogen-bond acceptors (Lipinski definition) is 1. The average Bonchev–Trinajstić information content (AvgIpc) is 2.41. The van der Waals surface area contributed by atoms with Crippen molar-refractivity contribution < 1.29 is 0 Å². The lowest BCUT2D eigenvalue weighted by molar-refractivity contribution is 0.110. The van der Waals surface area contributed by atoms with E-state index >= 15 is 0 Å². The summed E-state index contributed by atoms with van der Waals surface area (Å²) in [5.74, 6) is 0.741. The zero-order valence-corrected chi connectivity index (χ0v) is 12.2. The SMILES string of the molecule is CCCCN1CCC(C)(c2ccccc2)C(C)C1. The largest absolute Gasteiger partial charge is 0.303 e. The van der Waals surface area contributed by atoms with E-state index in [0.29, 0.717) is 5.41 Å². The molecule has 0 radical (unpaired) electrons. The molecule has 2 rings (SSSR count). The zero-order valence-electron chi connectivity index (χ0n) is 12.2. The van der Waals surface area contributed by atoms with Crippen LogP contribution >= 0.6 is 0 Å². The van der Waals surface area contributed by atoms with Crippen LogP contribution in [-0.2, 0) is 5.41 Å². The van der Waals surface area contributed by atoms with Crippen LogP contribution in [0.25, 0.3) is 0 Å². The second-order valence-corrected chi connectivity index (χ2v) is 6.09. The molecule has 1 nitrogen and oxygen atoms in total. The highest BCUT2D eigenvalue weighted by Crippen LogP contribution is 2.39. The minimum Gasteiger partial charge on any atom is -0.303 e. The molecule has 0 saturated carbocycles. The third-order valence-corrected chi connectivity index (χ3v) is 4.83. The van der Waals surface area contributed by atoms with E-state index in [4.69, 9.17) is 0 Å². The number of benzene rings is 1. The molecule has 0 N–H and O–H groups in total. The Morgan fingerprint density at radius 3 is 2.61 bits per heavy atom. The van der Waals surface area contributed by atoms with Crippen LogP contribution in [0, 0.1) is 5.92 Å². The summed E-state index contributed by atoms with van der Waals surface area (Å²) in [6.45, 7) is 10.9. The van der Waals surface area contributed by atoms with Crippen molar-refractivity contribution in [2.75, 3.05) is 19.6 Å². The van der Waals surface area contributed by atoms with Crippen molar-refractivity contribution in [2.45, 2.75) is 45.4 Å². The van der Waals surface area contributed by atoms with Gasteiger partial charge in [0.1, 0.15) is 0 Å². The molecule has 0 spiro atoms. The maximum Gasteiger partial charge on any atom is 0.00154 e. The Balaban J connectivity index is 2.04. The molecule has 2 atom stereocenters. The molecule has 1 aliphatic rings. The highest BCUT2D eigenvalue weighted by atomic mass is 15.1. The quantitative estimate of drug-likeness (QED) is 0.772. The summed E-state index contributed by atoms with van der Waals surface area (Å²) < 4.78 is 0. The molecule has 18 heavy (non-hydrogen) atoms. The summed E-state index contributed by atoms with van der Waals surface area (Å²) in [4.78, 5) is 2.65. The maximum absolute atomic E-state index is 2.65. The van der Waals surface area contributed by atoms with Crippen molar-refractivity contribution >= 4 is 0 Å². The lowest BCUT2D eigenvalue weighted by Gasteiger charge is -2.45. The van der Waals surface area contributed by atoms with Gasteiger partial charge in [0.25, 0.3) is 0 Å². The monoisotopic (exact) mass is 245 g/mol. The fraction of sp³-hybridized carbons (Fsp3) is 0.647. The normalized spacial score (nSPS) is 29.4. The first kappa shape index (κ1) is 13.6. The highest BCUT2D eigenvalue weighted by Gasteiger charge is 2.37. The second kappa shape index (κ2) is 5.88. The number of hydrogen-bond donors (Lipinski definition) is 0. The molecule has 1 heteroatoms. The molecule has 1 aromatic rings. The summed E-state index contributed by atoms with van der Waals surface area (Å²) in [6, 6.07) is 11.1. The first-order valence-electron chi connectivity index (χ1n) is 7.44. The van der Waals surface area contributed by atoms with Crippen molar-refractivity contribution in [3.8, 4) is 0 Å². The molecular formula is C17H27N. The molecular weight excluding hydrogens is 218 g/mol. The van der Waals surface area contributed by atoms with Crippen LogP contribution in [0.4, 0.5) is 0 Å². The van der Waals surface area contributed by atoms with Gasteiger partial charge in [-0.15, -0.1) is 0 Å². The Bertz CT molecular complexity index is 359. The van der Waals surface area contributed by atoms with E-state index in [1.54, 1.807) is 0 Å². The molecule has 1 saturated heterocycles. The van der Waals surface area contributed by atoms with Crippen molar-refractivity contribution in [1.82, 2.24) is 4.90 Å². The van der Waals surface area contributed by atoms with Gasteiger partial charge in [0.2, 0.25) is 0 Å². The van der Waals surface area contributed by atoms with Gasteiger partial charge in [0.05, 0.1) is 0 Å². The molecule has 1 aliphatic heterocycles. The lowest BCUT2D eigenvalue weighted by atomic mass is 9.68. The Morgan fingerprint density at radius 1 is 1.28 bits per heavy atom. The molecule has 0 amide bonds. The average molecular weight is 245 g/mol. The van der Waals surface area contributed by atoms with Gasteiger partial charge in [0, 0.05) is 6.54 Å². The molecule has 1 heterocycles. The standard InChI is InChI=1S/C17H27N/c1-4-5-12-18-13-11-17(3,15(2)14-18)16-9-7-6-8-10-16/h6-10,15H,4-5,11-14H2,1-3H3. The topological polar surface area (TPSA) is 3.24 Å². The van der Waals surface area contributed by atoms with Gasteiger partial charge in [-0.3, -0.25) is 0 Å². The van der Waals surface area contributed by atoms with E-state index in [1.807, 2.05) is 0 Å². The van der Waals surface area contributed by atoms with Crippen LogP contribution in [0.5, 0.6) is 0 Å². The van der Waals surface area contributed by atoms with Gasteiger partial charge in [-0.2, -0.15) is 0 Å². The lowest BCUT2D eigenvalue weighted by Crippen LogP contribution is -2.47. The van der Waals surface area contributed by atoms with Gasteiger partial charge in [-0.25, -0.2) is 0 Å². The number of likely N-dealkylation sites (tertiary alicyclic amines) is 1. The number of rotatable bonds is 4. The second-order valence-electron chi connectivity index (χ2n) is 6.09. The molecule has 1 fully saturated rings. The van der Waals surface area contributed by atoms with Crippen LogP contribution < -0.4 is 0 Å². The minimum atomic E-state index is 0.365. The van der Waals surface area contributed by atoms with Gasteiger partial charge in [-0.1, -0.05) is 57.5 Å². The third-order valence-electron chi connectivity index (χ3n) is 4.83. The van der Waals surface area contributed by atoms with E-state index in [9.17, 15) is 0 Å². The number of unbranched alkanes of at least 4 members (excludes halogenated alkanes) is 1. The third kappa shape index (κ3) is 2.77. The van der Waals surface area contributed by atoms with Crippen LogP contribution in [-0.4, -0.2) is 24.5 Å². The Labute approximate surface area is 112 Å². The molecule has 0 aliphatic carbocycles. The summed E-state index contributed by atoms with van der Waals surface area (Å²) in [6.07, 6.45) is 3.94. The van der Waals surface area contributed by atoms with Crippen molar-refractivity contribution in [2.24, 2.45) is 5.92 Å². The van der Waals surface area contributed by atoms with Crippen LogP contribution in [0.15, 0.2) is 30.3 Å². The van der Waals surface area contributed by atoms with E-state index in [2.05, 4.69) is 56.0 Å². The van der Waals surface area contributed by atoms with E-state index < -0.39 is 0 Å². The first-order chi connectivity index (χ1) is 8.66. The zero-order chi connectivity index (χ0) is 13.0. The molecule has 0 bridgehead atoms. The van der Waals surface area contributed by atoms with E-state index in [0.717, 1.165) is 5.92 Å². The van der Waals surface area contributed by atoms with Gasteiger partial charge in [0.15, 0.2) is 0 Å². The molecule has 100 valence electrons. The van der Waals surface area contributed by atoms with Crippen LogP contribution in [0.3, 0.4) is 0 Å². The van der Waals surface area contributed by atoms with Crippen molar-refractivity contribution in [3.63, 3.8) is 0 Å². The maximum atomic E-state index is 2.65. The Morgan fingerprint density at radius 2 is 2.00 bits per heavy atom. The summed E-state index contributed by atoms with van der Waals surface area (Å²) >= 11 is 0. The smallest absolute Gasteiger partial charge is 0.00154 e. The Kier molecular flexibility index (Phi) is 4.45. The minimum absolute atomic E-state index is 0.365. The highest BCUT2D eigenvalue weighted by molar-refractivity contribution is 5.26. The number of piperidine rings is 1. The number of nitrogens with zero attached hydrogens (tertiary/aromatic N) is 1. The predicted molar refractivity (Wildman–Crippen MR) is 78.9 cm³/mol. The predicted octanol–water partition coefficient (Wildman–Crippen LogP) is 4.09. The van der Waals surface area contributed by atoms with Crippen LogP contribution in [0.2, 0.25) is 0 Å². The summed E-state index contributed by atoms with van der Waals surface area (Å²) in [5.41, 5.74) is 1.89. The van der Waals surface area contributed by atoms with E-state index in [1.165, 1.54) is 44.5 Å². The summed E-state index contributed by atoms with van der Waals surface area (Å²) in [5, 5.41) is 0.